The second-order valence-corrected chi connectivity index (χ2v) is 4.16. The zero-order chi connectivity index (χ0) is 10.8. The summed E-state index contributed by atoms with van der Waals surface area (Å²) in [4.78, 5) is 14.5. The van der Waals surface area contributed by atoms with Gasteiger partial charge in [0.1, 0.15) is 0 Å². The maximum Gasteiger partial charge on any atom is 0.302 e. The van der Waals surface area contributed by atoms with Crippen molar-refractivity contribution in [1.82, 2.24) is 10.3 Å². The summed E-state index contributed by atoms with van der Waals surface area (Å²) >= 11 is 3.13. The Morgan fingerprint density at radius 1 is 1.47 bits per heavy atom. The number of hydrogen-bond donors (Lipinski definition) is 1. The van der Waals surface area contributed by atoms with Gasteiger partial charge in [0, 0.05) is 24.7 Å². The minimum Gasteiger partial charge on any atom is -0.316 e. The molecule has 0 aromatic carbocycles. The third kappa shape index (κ3) is 2.15. The molecule has 0 unspecified atom stereocenters. The molecule has 0 aliphatic carbocycles. The maximum atomic E-state index is 10.7. The van der Waals surface area contributed by atoms with Crippen LogP contribution in [0, 0.1) is 10.1 Å². The first kappa shape index (κ1) is 10.5. The molecule has 2 heterocycles. The molecule has 5 nitrogen and oxygen atoms in total. The van der Waals surface area contributed by atoms with Gasteiger partial charge in [0.2, 0.25) is 0 Å². The fourth-order valence-corrected chi connectivity index (χ4v) is 2.14. The zero-order valence-electron chi connectivity index (χ0n) is 7.99. The Morgan fingerprint density at radius 2 is 2.20 bits per heavy atom. The van der Waals surface area contributed by atoms with Crippen LogP contribution in [0.3, 0.4) is 0 Å². The van der Waals surface area contributed by atoms with E-state index in [9.17, 15) is 10.1 Å². The number of aromatic nitrogens is 1. The largest absolute Gasteiger partial charge is 0.316 e. The molecule has 2 rings (SSSR count). The lowest BCUT2D eigenvalue weighted by Gasteiger charge is -2.04. The molecule has 0 saturated heterocycles. The van der Waals surface area contributed by atoms with E-state index in [-0.39, 0.29) is 5.69 Å². The van der Waals surface area contributed by atoms with E-state index in [0.717, 1.165) is 37.2 Å². The van der Waals surface area contributed by atoms with E-state index in [1.165, 1.54) is 0 Å². The van der Waals surface area contributed by atoms with Gasteiger partial charge >= 0.3 is 5.69 Å². The predicted molar refractivity (Wildman–Crippen MR) is 58.9 cm³/mol. The van der Waals surface area contributed by atoms with E-state index < -0.39 is 4.92 Å². The number of hydrogen-bond acceptors (Lipinski definition) is 4. The SMILES string of the molecule is O=[N+]([O-])c1cc2c(nc1Br)CCNCC2. The third-order valence-corrected chi connectivity index (χ3v) is 3.02. The predicted octanol–water partition coefficient (Wildman–Crippen LogP) is 1.44. The van der Waals surface area contributed by atoms with Gasteiger partial charge in [-0.25, -0.2) is 4.98 Å². The first-order valence-electron chi connectivity index (χ1n) is 4.72. The molecule has 1 aromatic heterocycles. The third-order valence-electron chi connectivity index (χ3n) is 2.43. The molecule has 1 N–H and O–H groups in total. The molecular formula is C9H10BrN3O2. The van der Waals surface area contributed by atoms with Crippen LogP contribution in [0.2, 0.25) is 0 Å². The molecular weight excluding hydrogens is 262 g/mol. The van der Waals surface area contributed by atoms with Gasteiger partial charge in [-0.2, -0.15) is 0 Å². The van der Waals surface area contributed by atoms with Gasteiger partial charge in [-0.1, -0.05) is 0 Å². The number of nitrogens with one attached hydrogen (secondary N) is 1. The number of pyridine rings is 1. The van der Waals surface area contributed by atoms with Crippen molar-refractivity contribution in [2.75, 3.05) is 13.1 Å². The van der Waals surface area contributed by atoms with Crippen molar-refractivity contribution in [1.29, 1.82) is 0 Å². The van der Waals surface area contributed by atoms with Crippen LogP contribution in [-0.4, -0.2) is 23.0 Å². The number of fused-ring (bicyclic) bond motifs is 1. The second-order valence-electron chi connectivity index (χ2n) is 3.41. The molecule has 0 bridgehead atoms. The topological polar surface area (TPSA) is 68.1 Å². The van der Waals surface area contributed by atoms with Crippen LogP contribution in [0.25, 0.3) is 0 Å². The number of nitro groups is 1. The molecule has 0 radical (unpaired) electrons. The second kappa shape index (κ2) is 4.24. The summed E-state index contributed by atoms with van der Waals surface area (Å²) in [6, 6.07) is 1.62. The molecule has 0 fully saturated rings. The van der Waals surface area contributed by atoms with Crippen LogP contribution in [-0.2, 0) is 12.8 Å². The van der Waals surface area contributed by atoms with E-state index in [4.69, 9.17) is 0 Å². The Kier molecular flexibility index (Phi) is 2.97. The van der Waals surface area contributed by atoms with Crippen LogP contribution in [0.5, 0.6) is 0 Å². The highest BCUT2D eigenvalue weighted by molar-refractivity contribution is 9.10. The monoisotopic (exact) mass is 271 g/mol. The van der Waals surface area contributed by atoms with Gasteiger partial charge in [0.15, 0.2) is 4.60 Å². The van der Waals surface area contributed by atoms with E-state index >= 15 is 0 Å². The average molecular weight is 272 g/mol. The van der Waals surface area contributed by atoms with E-state index in [1.807, 2.05) is 0 Å². The van der Waals surface area contributed by atoms with Gasteiger partial charge in [-0.3, -0.25) is 10.1 Å². The summed E-state index contributed by atoms with van der Waals surface area (Å²) in [7, 11) is 0. The number of halogens is 1. The zero-order valence-corrected chi connectivity index (χ0v) is 9.58. The first-order chi connectivity index (χ1) is 7.18. The standard InChI is InChI=1S/C9H10BrN3O2/c10-9-8(13(14)15)5-6-1-3-11-4-2-7(6)12-9/h5,11H,1-4H2. The molecule has 6 heteroatoms. The fourth-order valence-electron chi connectivity index (χ4n) is 1.67. The summed E-state index contributed by atoms with van der Waals surface area (Å²) in [6.07, 6.45) is 1.63. The lowest BCUT2D eigenvalue weighted by atomic mass is 10.1. The van der Waals surface area contributed by atoms with Gasteiger partial charge in [0.05, 0.1) is 4.92 Å². The number of rotatable bonds is 1. The van der Waals surface area contributed by atoms with E-state index in [2.05, 4.69) is 26.2 Å². The lowest BCUT2D eigenvalue weighted by molar-refractivity contribution is -0.386. The molecule has 1 aliphatic rings. The Balaban J connectivity index is 2.47. The highest BCUT2D eigenvalue weighted by Crippen LogP contribution is 2.26. The van der Waals surface area contributed by atoms with Gasteiger partial charge in [-0.05, 0) is 34.5 Å². The Hall–Kier alpha value is -1.01. The summed E-state index contributed by atoms with van der Waals surface area (Å²) < 4.78 is 0.327. The minimum atomic E-state index is -0.407. The lowest BCUT2D eigenvalue weighted by Crippen LogP contribution is -2.16. The molecule has 1 aromatic rings. The molecule has 0 amide bonds. The molecule has 0 saturated carbocycles. The smallest absolute Gasteiger partial charge is 0.302 e. The highest BCUT2D eigenvalue weighted by atomic mass is 79.9. The van der Waals surface area contributed by atoms with Gasteiger partial charge < -0.3 is 5.32 Å². The van der Waals surface area contributed by atoms with Crippen molar-refractivity contribution in [3.05, 3.63) is 32.0 Å². The quantitative estimate of drug-likeness (QED) is 0.477. The number of nitrogens with zero attached hydrogens (tertiary/aromatic N) is 2. The summed E-state index contributed by atoms with van der Waals surface area (Å²) in [5.74, 6) is 0. The Morgan fingerprint density at radius 3 is 2.93 bits per heavy atom. The summed E-state index contributed by atoms with van der Waals surface area (Å²) in [6.45, 7) is 1.73. The summed E-state index contributed by atoms with van der Waals surface area (Å²) in [5, 5.41) is 14.0. The van der Waals surface area contributed by atoms with Gasteiger partial charge in [0.25, 0.3) is 0 Å². The maximum absolute atomic E-state index is 10.7. The highest BCUT2D eigenvalue weighted by Gasteiger charge is 2.18. The molecule has 0 atom stereocenters. The molecule has 1 aliphatic heterocycles. The van der Waals surface area contributed by atoms with Crippen molar-refractivity contribution in [2.45, 2.75) is 12.8 Å². The summed E-state index contributed by atoms with van der Waals surface area (Å²) in [5.41, 5.74) is 1.99. The van der Waals surface area contributed by atoms with Crippen molar-refractivity contribution in [2.24, 2.45) is 0 Å². The van der Waals surface area contributed by atoms with Crippen LogP contribution >= 0.6 is 15.9 Å². The van der Waals surface area contributed by atoms with Crippen molar-refractivity contribution in [3.8, 4) is 0 Å². The van der Waals surface area contributed by atoms with Crippen molar-refractivity contribution >= 4 is 21.6 Å². The fraction of sp³-hybridized carbons (Fsp3) is 0.444. The van der Waals surface area contributed by atoms with Crippen LogP contribution in [0.4, 0.5) is 5.69 Å². The molecule has 80 valence electrons. The molecule has 0 spiro atoms. The minimum absolute atomic E-state index is 0.0515. The van der Waals surface area contributed by atoms with Gasteiger partial charge in [-0.15, -0.1) is 0 Å². The average Bonchev–Trinajstić information content (AvgIpc) is 2.40. The Labute approximate surface area is 95.2 Å². The van der Waals surface area contributed by atoms with Crippen LogP contribution < -0.4 is 5.32 Å². The van der Waals surface area contributed by atoms with Crippen LogP contribution in [0.1, 0.15) is 11.3 Å². The molecule has 15 heavy (non-hydrogen) atoms. The van der Waals surface area contributed by atoms with Crippen molar-refractivity contribution < 1.29 is 4.92 Å². The van der Waals surface area contributed by atoms with Crippen LogP contribution in [0.15, 0.2) is 10.7 Å². The normalized spacial score (nSPS) is 15.5. The Bertz CT molecular complexity index is 409. The first-order valence-corrected chi connectivity index (χ1v) is 5.51. The van der Waals surface area contributed by atoms with Crippen molar-refractivity contribution in [3.63, 3.8) is 0 Å². The van der Waals surface area contributed by atoms with E-state index in [1.54, 1.807) is 6.07 Å². The van der Waals surface area contributed by atoms with E-state index in [0.29, 0.717) is 4.60 Å².